The molecule has 0 bridgehead atoms. The number of phenolic OH excluding ortho intramolecular Hbond substituents is 2. The highest BCUT2D eigenvalue weighted by atomic mass is 32.1. The maximum atomic E-state index is 14.0. The van der Waals surface area contributed by atoms with Crippen molar-refractivity contribution in [2.75, 3.05) is 49.2 Å². The van der Waals surface area contributed by atoms with Gasteiger partial charge in [-0.25, -0.2) is 24.1 Å². The van der Waals surface area contributed by atoms with Crippen molar-refractivity contribution in [1.29, 1.82) is 0 Å². The van der Waals surface area contributed by atoms with Gasteiger partial charge < -0.3 is 46.3 Å². The number of ether oxygens (including phenoxy) is 2. The number of pyridine rings is 1. The van der Waals surface area contributed by atoms with Gasteiger partial charge in [0.05, 0.1) is 39.9 Å². The van der Waals surface area contributed by atoms with E-state index in [1.54, 1.807) is 42.6 Å². The van der Waals surface area contributed by atoms with E-state index in [0.29, 0.717) is 99.7 Å². The molecule has 0 aliphatic carbocycles. The number of aldehydes is 1. The van der Waals surface area contributed by atoms with Gasteiger partial charge in [0.2, 0.25) is 5.91 Å². The predicted molar refractivity (Wildman–Crippen MR) is 298 cm³/mol. The predicted octanol–water partition coefficient (Wildman–Crippen LogP) is 8.39. The first kappa shape index (κ1) is 54.2. The van der Waals surface area contributed by atoms with Gasteiger partial charge in [-0.15, -0.1) is 5.10 Å². The average Bonchev–Trinajstić information content (AvgIpc) is 3.93. The number of halogens is 1. The molecule has 80 heavy (non-hydrogen) atoms. The van der Waals surface area contributed by atoms with Crippen LogP contribution in [0.3, 0.4) is 0 Å². The third-order valence-electron chi connectivity index (χ3n) is 13.6. The molecule has 1 amide bonds. The minimum absolute atomic E-state index is 0.0151. The quantitative estimate of drug-likeness (QED) is 0.0129. The minimum atomic E-state index is -1.34. The van der Waals surface area contributed by atoms with Crippen LogP contribution in [0.1, 0.15) is 85.9 Å². The van der Waals surface area contributed by atoms with Crippen LogP contribution in [-0.2, 0) is 41.1 Å². The number of nitrogens with zero attached hydrogens (tertiary/aromatic N) is 10. The number of aromatic hydroxyl groups is 2. The van der Waals surface area contributed by atoms with Crippen LogP contribution >= 0.6 is 11.3 Å². The van der Waals surface area contributed by atoms with Crippen LogP contribution in [0.4, 0.5) is 27.3 Å². The van der Waals surface area contributed by atoms with Crippen molar-refractivity contribution in [3.63, 3.8) is 0 Å². The SMILES string of the molecule is C=Nc1cc(NC(=O)CCC2(CCc3cn(CCCNC)nn3)N=N2)ccc1NCCCNCCc1nc2c(NCc3ncccc3F)ncnc2s1.O=Cc1ccc2c(c1)C1(OC2=O)c2ccc(O)cc2Oc2cc(O)ccc21. The fourth-order valence-electron chi connectivity index (χ4n) is 9.43. The van der Waals surface area contributed by atoms with Gasteiger partial charge in [-0.1, -0.05) is 22.6 Å². The zero-order valence-corrected chi connectivity index (χ0v) is 44.3. The molecule has 4 aromatic heterocycles. The zero-order chi connectivity index (χ0) is 55.6. The number of aliphatic imine (C=N–C) groups is 1. The number of nitrogens with one attached hydrogen (secondary N) is 5. The van der Waals surface area contributed by atoms with Gasteiger partial charge in [0.25, 0.3) is 0 Å². The first-order valence-corrected chi connectivity index (χ1v) is 26.7. The van der Waals surface area contributed by atoms with Crippen LogP contribution in [0, 0.1) is 5.82 Å². The number of aryl methyl sites for hydroxylation is 2. The Kier molecular flexibility index (Phi) is 16.4. The van der Waals surface area contributed by atoms with E-state index >= 15 is 0 Å². The van der Waals surface area contributed by atoms with Crippen LogP contribution in [0.25, 0.3) is 10.3 Å². The maximum Gasteiger partial charge on any atom is 0.340 e. The third kappa shape index (κ3) is 12.3. The van der Waals surface area contributed by atoms with Gasteiger partial charge >= 0.3 is 5.97 Å². The van der Waals surface area contributed by atoms with Crippen molar-refractivity contribution < 1.29 is 38.5 Å². The first-order valence-electron chi connectivity index (χ1n) is 25.9. The van der Waals surface area contributed by atoms with E-state index in [2.05, 4.69) is 73.8 Å². The molecule has 7 heterocycles. The molecule has 7 N–H and O–H groups in total. The number of fused-ring (bicyclic) bond motifs is 7. The monoisotopic (exact) mass is 1100 g/mol. The van der Waals surface area contributed by atoms with Crippen LogP contribution in [-0.4, -0.2) is 109 Å². The highest BCUT2D eigenvalue weighted by Crippen LogP contribution is 2.57. The fourth-order valence-corrected chi connectivity index (χ4v) is 10.3. The van der Waals surface area contributed by atoms with Gasteiger partial charge in [-0.2, -0.15) is 10.2 Å². The molecule has 0 atom stereocenters. The van der Waals surface area contributed by atoms with E-state index in [1.165, 1.54) is 48.0 Å². The molecule has 24 heteroatoms. The Morgan fingerprint density at radius 3 is 2.45 bits per heavy atom. The summed E-state index contributed by atoms with van der Waals surface area (Å²) in [6.45, 7) is 7.95. The Morgan fingerprint density at radius 1 is 0.887 bits per heavy atom. The van der Waals surface area contributed by atoms with E-state index < -0.39 is 17.2 Å². The molecular formula is C56H56FN15O7S. The fraction of sp³-hybridized carbons (Fsp3) is 0.286. The summed E-state index contributed by atoms with van der Waals surface area (Å²) in [5, 5.41) is 53.7. The van der Waals surface area contributed by atoms with Crippen molar-refractivity contribution in [1.82, 2.24) is 45.6 Å². The lowest BCUT2D eigenvalue weighted by molar-refractivity contribution is -0.116. The zero-order valence-electron chi connectivity index (χ0n) is 43.5. The van der Waals surface area contributed by atoms with Gasteiger partial charge in [0.1, 0.15) is 51.8 Å². The molecule has 22 nitrogen and oxygen atoms in total. The Bertz CT molecular complexity index is 3570. The smallest absolute Gasteiger partial charge is 0.340 e. The third-order valence-corrected chi connectivity index (χ3v) is 14.6. The van der Waals surface area contributed by atoms with Gasteiger partial charge in [0.15, 0.2) is 17.1 Å². The number of hydrogen-bond acceptors (Lipinski definition) is 21. The largest absolute Gasteiger partial charge is 0.508 e. The number of aromatic nitrogens is 7. The number of thiazole rings is 1. The highest BCUT2D eigenvalue weighted by molar-refractivity contribution is 7.18. The lowest BCUT2D eigenvalue weighted by Crippen LogP contribution is -2.33. The van der Waals surface area contributed by atoms with Gasteiger partial charge in [-0.05, 0) is 113 Å². The van der Waals surface area contributed by atoms with Gasteiger partial charge in [0, 0.05) is 97.8 Å². The lowest BCUT2D eigenvalue weighted by atomic mass is 9.77. The normalized spacial score (nSPS) is 13.8. The van der Waals surface area contributed by atoms with Crippen LogP contribution in [0.15, 0.2) is 119 Å². The van der Waals surface area contributed by atoms with Crippen molar-refractivity contribution in [3.8, 4) is 23.0 Å². The standard InChI is InChI=1S/C35H44FN15OS.C21H12O6/c1-37-14-5-19-51-22-25(47-50-51)9-12-35(48-49-35)13-10-30(52)45-24-7-8-27(28(20-24)38-2)40-17-4-15-39-18-11-31-46-32-33(43-23-44-34(32)53-31)42-21-29-26(36)6-3-16-41-29;22-10-11-1-4-14-17(7-11)21(27-20(14)25)15-5-2-12(23)8-18(15)26-19-9-13(24)3-6-16(19)21/h3,6-8,16,20,22-23,37,39-40H,2,4-5,9-15,17-19,21H2,1H3,(H,45,52)(H,42,43,44);1-10,23-24H. The molecule has 0 saturated carbocycles. The highest BCUT2D eigenvalue weighted by Gasteiger charge is 2.54. The summed E-state index contributed by atoms with van der Waals surface area (Å²) >= 11 is 1.52. The Morgan fingerprint density at radius 2 is 1.70 bits per heavy atom. The number of esters is 1. The van der Waals surface area contributed by atoms with Crippen LogP contribution < -0.4 is 31.3 Å². The van der Waals surface area contributed by atoms with Crippen molar-refractivity contribution in [3.05, 3.63) is 154 Å². The second-order valence-electron chi connectivity index (χ2n) is 19.1. The Labute approximate surface area is 462 Å². The average molecular weight is 1100 g/mol. The molecule has 8 aromatic rings. The summed E-state index contributed by atoms with van der Waals surface area (Å²) in [4.78, 5) is 59.1. The number of phenols is 2. The number of benzene rings is 4. The Hall–Kier alpha value is -9.13. The molecular weight excluding hydrogens is 1050 g/mol. The molecule has 1 spiro atoms. The number of amides is 1. The number of anilines is 3. The summed E-state index contributed by atoms with van der Waals surface area (Å²) in [5.74, 6) is 0.120. The van der Waals surface area contributed by atoms with E-state index in [9.17, 15) is 29.0 Å². The second kappa shape index (κ2) is 24.3. The first-order chi connectivity index (χ1) is 39.0. The summed E-state index contributed by atoms with van der Waals surface area (Å²) in [7, 11) is 1.93. The summed E-state index contributed by atoms with van der Waals surface area (Å²) in [5.41, 5.74) is 4.51. The minimum Gasteiger partial charge on any atom is -0.508 e. The molecule has 3 aliphatic heterocycles. The molecule has 0 unspecified atom stereocenters. The molecule has 3 aliphatic rings. The van der Waals surface area contributed by atoms with E-state index in [-0.39, 0.29) is 29.8 Å². The number of carbonyl (C=O) groups excluding carboxylic acids is 3. The lowest BCUT2D eigenvalue weighted by Gasteiger charge is -2.36. The van der Waals surface area contributed by atoms with Crippen molar-refractivity contribution in [2.24, 2.45) is 15.2 Å². The molecule has 11 rings (SSSR count). The van der Waals surface area contributed by atoms with Gasteiger partial charge in [-0.3, -0.25) is 24.2 Å². The van der Waals surface area contributed by atoms with Crippen molar-refractivity contribution in [2.45, 2.75) is 69.3 Å². The Balaban J connectivity index is 0.000000221. The number of hydrogen-bond donors (Lipinski definition) is 7. The van der Waals surface area contributed by atoms with E-state index in [1.807, 2.05) is 36.1 Å². The van der Waals surface area contributed by atoms with E-state index in [0.717, 1.165) is 73.2 Å². The number of rotatable bonds is 24. The molecule has 0 radical (unpaired) electrons. The molecule has 0 fully saturated rings. The summed E-state index contributed by atoms with van der Waals surface area (Å²) in [6, 6.07) is 22.3. The van der Waals surface area contributed by atoms with E-state index in [4.69, 9.17) is 14.5 Å². The van der Waals surface area contributed by atoms with Crippen molar-refractivity contribution >= 4 is 69.4 Å². The number of carbonyl (C=O) groups is 3. The maximum absolute atomic E-state index is 14.0. The second-order valence-corrected chi connectivity index (χ2v) is 20.1. The molecule has 410 valence electrons. The van der Waals surface area contributed by atoms with Crippen LogP contribution in [0.5, 0.6) is 23.0 Å². The summed E-state index contributed by atoms with van der Waals surface area (Å²) in [6.07, 6.45) is 10.6. The summed E-state index contributed by atoms with van der Waals surface area (Å²) < 4.78 is 27.6. The molecule has 4 aromatic carbocycles. The van der Waals surface area contributed by atoms with Crippen LogP contribution in [0.2, 0.25) is 0 Å². The topological polar surface area (TPSA) is 290 Å². The molecule has 0 saturated heterocycles.